The van der Waals surface area contributed by atoms with E-state index in [-0.39, 0.29) is 5.91 Å². The maximum atomic E-state index is 11.3. The summed E-state index contributed by atoms with van der Waals surface area (Å²) >= 11 is 0. The topological polar surface area (TPSA) is 59.8 Å². The van der Waals surface area contributed by atoms with Gasteiger partial charge in [0.1, 0.15) is 0 Å². The van der Waals surface area contributed by atoms with Crippen molar-refractivity contribution in [3.63, 3.8) is 0 Å². The van der Waals surface area contributed by atoms with Crippen molar-refractivity contribution in [2.24, 2.45) is 0 Å². The van der Waals surface area contributed by atoms with Crippen molar-refractivity contribution in [2.45, 2.75) is 13.5 Å². The molecule has 0 bridgehead atoms. The number of carbonyl (C=O) groups is 1. The lowest BCUT2D eigenvalue weighted by Crippen LogP contribution is -2.08. The molecule has 5 heteroatoms. The van der Waals surface area contributed by atoms with Crippen molar-refractivity contribution in [3.05, 3.63) is 72.3 Å². The molecule has 1 heterocycles. The molecule has 0 saturated carbocycles. The van der Waals surface area contributed by atoms with E-state index in [2.05, 4.69) is 22.0 Å². The van der Waals surface area contributed by atoms with Gasteiger partial charge in [0.2, 0.25) is 11.9 Å². The van der Waals surface area contributed by atoms with Gasteiger partial charge in [-0.2, -0.15) is 4.98 Å². The fourth-order valence-corrected chi connectivity index (χ4v) is 2.40. The van der Waals surface area contributed by atoms with Crippen LogP contribution in [0.1, 0.15) is 18.1 Å². The molecule has 0 saturated heterocycles. The summed E-state index contributed by atoms with van der Waals surface area (Å²) in [6, 6.07) is 17.9. The van der Waals surface area contributed by atoms with E-state index in [0.29, 0.717) is 18.3 Å². The van der Waals surface area contributed by atoms with Crippen LogP contribution in [0.15, 0.2) is 61.2 Å². The lowest BCUT2D eigenvalue weighted by atomic mass is 10.1. The first-order valence-corrected chi connectivity index (χ1v) is 7.65. The maximum Gasteiger partial charge on any atom is 0.249 e. The third-order valence-electron chi connectivity index (χ3n) is 3.54. The van der Waals surface area contributed by atoms with Crippen molar-refractivity contribution >= 4 is 17.9 Å². The maximum absolute atomic E-state index is 11.3. The Morgan fingerprint density at radius 1 is 1.17 bits per heavy atom. The van der Waals surface area contributed by atoms with Gasteiger partial charge in [0, 0.05) is 12.5 Å². The molecule has 3 aromatic rings. The van der Waals surface area contributed by atoms with Crippen LogP contribution in [0.5, 0.6) is 0 Å². The summed E-state index contributed by atoms with van der Waals surface area (Å²) < 4.78 is 1.80. The third kappa shape index (κ3) is 3.57. The van der Waals surface area contributed by atoms with E-state index in [0.717, 1.165) is 16.7 Å². The van der Waals surface area contributed by atoms with E-state index in [1.54, 1.807) is 4.68 Å². The second kappa shape index (κ2) is 6.91. The Balaban J connectivity index is 1.96. The number of nitrogens with zero attached hydrogens (tertiary/aromatic N) is 3. The second-order valence-electron chi connectivity index (χ2n) is 5.41. The van der Waals surface area contributed by atoms with Gasteiger partial charge in [-0.3, -0.25) is 10.1 Å². The number of hydrogen-bond donors (Lipinski definition) is 1. The van der Waals surface area contributed by atoms with Crippen LogP contribution in [-0.4, -0.2) is 20.7 Å². The Hall–Kier alpha value is -3.21. The molecule has 0 unspecified atom stereocenters. The molecular formula is C19H18N4O. The zero-order valence-corrected chi connectivity index (χ0v) is 13.4. The minimum atomic E-state index is -0.193. The summed E-state index contributed by atoms with van der Waals surface area (Å²) in [6.07, 6.45) is 1.81. The van der Waals surface area contributed by atoms with Gasteiger partial charge in [0.15, 0.2) is 5.82 Å². The van der Waals surface area contributed by atoms with Crippen LogP contribution >= 0.6 is 0 Å². The molecule has 0 aliphatic rings. The van der Waals surface area contributed by atoms with Gasteiger partial charge >= 0.3 is 0 Å². The largest absolute Gasteiger partial charge is 0.293 e. The van der Waals surface area contributed by atoms with Crippen LogP contribution in [0.25, 0.3) is 17.5 Å². The van der Waals surface area contributed by atoms with E-state index in [1.165, 1.54) is 6.92 Å². The number of hydrogen-bond acceptors (Lipinski definition) is 3. The molecule has 0 spiro atoms. The minimum absolute atomic E-state index is 0.193. The number of carbonyl (C=O) groups excluding carboxylic acids is 1. The van der Waals surface area contributed by atoms with E-state index >= 15 is 0 Å². The molecule has 24 heavy (non-hydrogen) atoms. The number of amides is 1. The molecule has 5 nitrogen and oxygen atoms in total. The summed E-state index contributed by atoms with van der Waals surface area (Å²) in [6.45, 7) is 5.77. The Kier molecular flexibility index (Phi) is 4.52. The molecular weight excluding hydrogens is 300 g/mol. The first-order chi connectivity index (χ1) is 11.7. The zero-order chi connectivity index (χ0) is 16.9. The average Bonchev–Trinajstić information content (AvgIpc) is 2.98. The van der Waals surface area contributed by atoms with Crippen molar-refractivity contribution in [1.29, 1.82) is 0 Å². The smallest absolute Gasteiger partial charge is 0.249 e. The Bertz CT molecular complexity index is 851. The minimum Gasteiger partial charge on any atom is -0.293 e. The van der Waals surface area contributed by atoms with Crippen LogP contribution in [0.3, 0.4) is 0 Å². The predicted octanol–water partition coefficient (Wildman–Crippen LogP) is 3.59. The fraction of sp³-hybridized carbons (Fsp3) is 0.105. The highest BCUT2D eigenvalue weighted by Crippen LogP contribution is 2.20. The number of benzene rings is 2. The highest BCUT2D eigenvalue weighted by atomic mass is 16.1. The number of rotatable bonds is 5. The van der Waals surface area contributed by atoms with Gasteiger partial charge in [0.25, 0.3) is 0 Å². The lowest BCUT2D eigenvalue weighted by Gasteiger charge is -2.06. The summed E-state index contributed by atoms with van der Waals surface area (Å²) in [5.74, 6) is 0.832. The second-order valence-corrected chi connectivity index (χ2v) is 5.41. The molecule has 1 amide bonds. The molecule has 0 atom stereocenters. The summed E-state index contributed by atoms with van der Waals surface area (Å²) in [5, 5.41) is 7.06. The molecule has 0 aliphatic heterocycles. The van der Waals surface area contributed by atoms with Gasteiger partial charge in [0.05, 0.1) is 6.54 Å². The summed E-state index contributed by atoms with van der Waals surface area (Å²) in [7, 11) is 0. The van der Waals surface area contributed by atoms with E-state index < -0.39 is 0 Å². The zero-order valence-electron chi connectivity index (χ0n) is 13.4. The van der Waals surface area contributed by atoms with Gasteiger partial charge in [-0.1, -0.05) is 67.3 Å². The van der Waals surface area contributed by atoms with E-state index in [1.807, 2.05) is 60.7 Å². The van der Waals surface area contributed by atoms with Crippen molar-refractivity contribution in [2.75, 3.05) is 5.32 Å². The molecule has 1 N–H and O–H groups in total. The highest BCUT2D eigenvalue weighted by Gasteiger charge is 2.13. The molecule has 0 radical (unpaired) electrons. The Morgan fingerprint density at radius 2 is 1.88 bits per heavy atom. The standard InChI is InChI=1S/C19H18N4O/c1-3-15-9-11-16(12-10-15)13-23-18(17-7-5-4-6-8-17)21-19(22-23)20-14(2)24/h3-12H,1,13H2,2H3,(H,20,22,24). The number of nitrogens with one attached hydrogen (secondary N) is 1. The quantitative estimate of drug-likeness (QED) is 0.782. The van der Waals surface area contributed by atoms with Crippen molar-refractivity contribution in [3.8, 4) is 11.4 Å². The number of anilines is 1. The number of aromatic nitrogens is 3. The monoisotopic (exact) mass is 318 g/mol. The molecule has 1 aromatic heterocycles. The Labute approximate surface area is 140 Å². The molecule has 0 fully saturated rings. The van der Waals surface area contributed by atoms with Crippen LogP contribution in [0.2, 0.25) is 0 Å². The lowest BCUT2D eigenvalue weighted by molar-refractivity contribution is -0.114. The van der Waals surface area contributed by atoms with Crippen LogP contribution in [0, 0.1) is 0 Å². The van der Waals surface area contributed by atoms with Crippen LogP contribution in [-0.2, 0) is 11.3 Å². The van der Waals surface area contributed by atoms with Gasteiger partial charge < -0.3 is 0 Å². The highest BCUT2D eigenvalue weighted by molar-refractivity contribution is 5.86. The molecule has 120 valence electrons. The molecule has 0 aliphatic carbocycles. The third-order valence-corrected chi connectivity index (χ3v) is 3.54. The molecule has 2 aromatic carbocycles. The summed E-state index contributed by atoms with van der Waals surface area (Å²) in [4.78, 5) is 15.7. The van der Waals surface area contributed by atoms with Gasteiger partial charge in [-0.15, -0.1) is 5.10 Å². The predicted molar refractivity (Wildman–Crippen MR) is 95.4 cm³/mol. The van der Waals surface area contributed by atoms with Gasteiger partial charge in [-0.25, -0.2) is 4.68 Å². The average molecular weight is 318 g/mol. The van der Waals surface area contributed by atoms with E-state index in [9.17, 15) is 4.79 Å². The first-order valence-electron chi connectivity index (χ1n) is 7.65. The van der Waals surface area contributed by atoms with Crippen LogP contribution in [0.4, 0.5) is 5.95 Å². The Morgan fingerprint density at radius 3 is 2.50 bits per heavy atom. The van der Waals surface area contributed by atoms with Gasteiger partial charge in [-0.05, 0) is 11.1 Å². The van der Waals surface area contributed by atoms with Crippen molar-refractivity contribution < 1.29 is 4.79 Å². The first kappa shape index (κ1) is 15.7. The normalized spacial score (nSPS) is 10.4. The SMILES string of the molecule is C=Cc1ccc(Cn2nc(NC(C)=O)nc2-c2ccccc2)cc1. The van der Waals surface area contributed by atoms with Crippen molar-refractivity contribution in [1.82, 2.24) is 14.8 Å². The van der Waals surface area contributed by atoms with Crippen LogP contribution < -0.4 is 5.32 Å². The van der Waals surface area contributed by atoms with E-state index in [4.69, 9.17) is 0 Å². The fourth-order valence-electron chi connectivity index (χ4n) is 2.40. The summed E-state index contributed by atoms with van der Waals surface area (Å²) in [5.41, 5.74) is 3.11. The molecule has 3 rings (SSSR count).